The van der Waals surface area contributed by atoms with E-state index in [2.05, 4.69) is 25.4 Å². The molecule has 0 spiro atoms. The van der Waals surface area contributed by atoms with E-state index in [0.29, 0.717) is 24.7 Å². The maximum atomic E-state index is 12.3. The van der Waals surface area contributed by atoms with Crippen LogP contribution in [-0.2, 0) is 9.47 Å². The minimum Gasteiger partial charge on any atom is -0.464 e. The number of methoxy groups -OCH3 is 1. The molecule has 11 heteroatoms. The molecule has 1 aliphatic rings. The van der Waals surface area contributed by atoms with Crippen molar-refractivity contribution < 1.29 is 19.1 Å². The predicted molar refractivity (Wildman–Crippen MR) is 133 cm³/mol. The Labute approximate surface area is 209 Å². The SMILES string of the molecule is COC(=O)c1ccc(-c2nc(Nc3cnn(C4CCN(C(=O)OC(C)(C)C)CC4)c3)ncc2C)cn1. The third-order valence-electron chi connectivity index (χ3n) is 5.75. The summed E-state index contributed by atoms with van der Waals surface area (Å²) in [7, 11) is 1.32. The number of nitrogens with one attached hydrogen (secondary N) is 1. The van der Waals surface area contributed by atoms with Gasteiger partial charge < -0.3 is 19.7 Å². The highest BCUT2D eigenvalue weighted by Gasteiger charge is 2.28. The zero-order valence-corrected chi connectivity index (χ0v) is 21.2. The second kappa shape index (κ2) is 10.3. The van der Waals surface area contributed by atoms with E-state index in [1.807, 2.05) is 38.6 Å². The molecule has 4 rings (SSSR count). The summed E-state index contributed by atoms with van der Waals surface area (Å²) in [5.41, 5.74) is 2.84. The molecule has 4 heterocycles. The summed E-state index contributed by atoms with van der Waals surface area (Å²) >= 11 is 0. The number of carbonyl (C=O) groups is 2. The van der Waals surface area contributed by atoms with Crippen LogP contribution in [0, 0.1) is 6.92 Å². The maximum Gasteiger partial charge on any atom is 0.410 e. The highest BCUT2D eigenvalue weighted by atomic mass is 16.6. The van der Waals surface area contributed by atoms with E-state index < -0.39 is 11.6 Å². The van der Waals surface area contributed by atoms with Gasteiger partial charge in [-0.15, -0.1) is 0 Å². The Balaban J connectivity index is 1.40. The third kappa shape index (κ3) is 5.96. The van der Waals surface area contributed by atoms with Gasteiger partial charge >= 0.3 is 12.1 Å². The van der Waals surface area contributed by atoms with Crippen LogP contribution in [0.25, 0.3) is 11.3 Å². The van der Waals surface area contributed by atoms with Crippen LogP contribution < -0.4 is 5.32 Å². The fourth-order valence-corrected chi connectivity index (χ4v) is 3.92. The van der Waals surface area contributed by atoms with Gasteiger partial charge in [-0.3, -0.25) is 4.68 Å². The highest BCUT2D eigenvalue weighted by Crippen LogP contribution is 2.26. The molecular weight excluding hydrogens is 462 g/mol. The molecule has 36 heavy (non-hydrogen) atoms. The summed E-state index contributed by atoms with van der Waals surface area (Å²) in [5.74, 6) is -0.0669. The van der Waals surface area contributed by atoms with E-state index in [0.717, 1.165) is 29.7 Å². The first-order valence-electron chi connectivity index (χ1n) is 11.8. The van der Waals surface area contributed by atoms with Crippen LogP contribution in [0.1, 0.15) is 55.7 Å². The van der Waals surface area contributed by atoms with E-state index in [-0.39, 0.29) is 17.8 Å². The molecule has 0 radical (unpaired) electrons. The zero-order chi connectivity index (χ0) is 25.9. The lowest BCUT2D eigenvalue weighted by Crippen LogP contribution is -2.42. The van der Waals surface area contributed by atoms with Gasteiger partial charge in [0.25, 0.3) is 0 Å². The van der Waals surface area contributed by atoms with Gasteiger partial charge in [-0.25, -0.2) is 24.5 Å². The molecule has 0 saturated carbocycles. The van der Waals surface area contributed by atoms with Gasteiger partial charge in [0.1, 0.15) is 11.3 Å². The van der Waals surface area contributed by atoms with Gasteiger partial charge in [-0.1, -0.05) is 0 Å². The number of amides is 1. The van der Waals surface area contributed by atoms with E-state index in [1.54, 1.807) is 35.6 Å². The molecule has 1 N–H and O–H groups in total. The summed E-state index contributed by atoms with van der Waals surface area (Å²) in [6, 6.07) is 3.57. The normalized spacial score (nSPS) is 14.4. The molecule has 1 saturated heterocycles. The Morgan fingerprint density at radius 1 is 1.08 bits per heavy atom. The predicted octanol–water partition coefficient (Wildman–Crippen LogP) is 4.15. The molecule has 0 atom stereocenters. The largest absolute Gasteiger partial charge is 0.464 e. The van der Waals surface area contributed by atoms with Gasteiger partial charge in [-0.2, -0.15) is 5.10 Å². The van der Waals surface area contributed by atoms with Crippen molar-refractivity contribution in [3.63, 3.8) is 0 Å². The molecule has 0 aromatic carbocycles. The Kier molecular flexibility index (Phi) is 7.18. The van der Waals surface area contributed by atoms with Crippen LogP contribution >= 0.6 is 0 Å². The molecule has 190 valence electrons. The average molecular weight is 494 g/mol. The first-order valence-corrected chi connectivity index (χ1v) is 11.8. The molecule has 3 aromatic heterocycles. The Morgan fingerprint density at radius 2 is 1.83 bits per heavy atom. The first-order chi connectivity index (χ1) is 17.1. The molecule has 0 bridgehead atoms. The van der Waals surface area contributed by atoms with E-state index in [4.69, 9.17) is 9.47 Å². The van der Waals surface area contributed by atoms with E-state index in [1.165, 1.54) is 7.11 Å². The zero-order valence-electron chi connectivity index (χ0n) is 21.2. The van der Waals surface area contributed by atoms with Crippen molar-refractivity contribution in [1.82, 2.24) is 29.6 Å². The number of hydrogen-bond donors (Lipinski definition) is 1. The molecule has 3 aromatic rings. The number of nitrogens with zero attached hydrogens (tertiary/aromatic N) is 6. The minimum absolute atomic E-state index is 0.188. The number of anilines is 2. The minimum atomic E-state index is -0.503. The maximum absolute atomic E-state index is 12.3. The van der Waals surface area contributed by atoms with Crippen molar-refractivity contribution in [2.45, 2.75) is 52.2 Å². The second-order valence-corrected chi connectivity index (χ2v) is 9.68. The van der Waals surface area contributed by atoms with Crippen molar-refractivity contribution in [1.29, 1.82) is 0 Å². The molecular formula is C25H31N7O4. The van der Waals surface area contributed by atoms with Crippen molar-refractivity contribution in [3.8, 4) is 11.3 Å². The van der Waals surface area contributed by atoms with Gasteiger partial charge in [-0.05, 0) is 58.2 Å². The molecule has 0 aliphatic carbocycles. The Bertz CT molecular complexity index is 1230. The average Bonchev–Trinajstić information content (AvgIpc) is 3.32. The number of aromatic nitrogens is 5. The quantitative estimate of drug-likeness (QED) is 0.522. The number of hydrogen-bond acceptors (Lipinski definition) is 9. The van der Waals surface area contributed by atoms with Crippen LogP contribution in [0.4, 0.5) is 16.4 Å². The van der Waals surface area contributed by atoms with Crippen molar-refractivity contribution >= 4 is 23.7 Å². The molecule has 0 unspecified atom stereocenters. The summed E-state index contributed by atoms with van der Waals surface area (Å²) in [4.78, 5) is 38.9. The van der Waals surface area contributed by atoms with Crippen molar-refractivity contribution in [2.24, 2.45) is 0 Å². The first kappa shape index (κ1) is 25.1. The molecule has 1 amide bonds. The number of piperidine rings is 1. The van der Waals surface area contributed by atoms with Crippen LogP contribution in [0.15, 0.2) is 36.9 Å². The van der Waals surface area contributed by atoms with Crippen molar-refractivity contribution in [3.05, 3.63) is 48.2 Å². The standard InChI is InChI=1S/C25H31N7O4/c1-16-12-27-23(30-21(16)17-6-7-20(26-13-17)22(33)35-5)29-18-14-28-32(15-18)19-8-10-31(11-9-19)24(34)36-25(2,3)4/h6-7,12-15,19H,8-11H2,1-5H3,(H,27,29,30). The lowest BCUT2D eigenvalue weighted by molar-refractivity contribution is 0.0184. The van der Waals surface area contributed by atoms with Crippen LogP contribution in [-0.4, -0.2) is 67.5 Å². The number of likely N-dealkylation sites (tertiary alicyclic amines) is 1. The number of pyridine rings is 1. The van der Waals surface area contributed by atoms with Gasteiger partial charge in [0.15, 0.2) is 0 Å². The summed E-state index contributed by atoms with van der Waals surface area (Å²) in [6.07, 6.45) is 8.29. The number of aryl methyl sites for hydroxylation is 1. The van der Waals surface area contributed by atoms with Crippen LogP contribution in [0.2, 0.25) is 0 Å². The fraction of sp³-hybridized carbons (Fsp3) is 0.440. The van der Waals surface area contributed by atoms with Crippen LogP contribution in [0.5, 0.6) is 0 Å². The highest BCUT2D eigenvalue weighted by molar-refractivity contribution is 5.87. The Morgan fingerprint density at radius 3 is 2.47 bits per heavy atom. The topological polar surface area (TPSA) is 124 Å². The number of ether oxygens (including phenoxy) is 2. The van der Waals surface area contributed by atoms with E-state index >= 15 is 0 Å². The number of carbonyl (C=O) groups excluding carboxylic acids is 2. The fourth-order valence-electron chi connectivity index (χ4n) is 3.92. The summed E-state index contributed by atoms with van der Waals surface area (Å²) < 4.78 is 12.1. The molecule has 1 fully saturated rings. The van der Waals surface area contributed by atoms with E-state index in [9.17, 15) is 9.59 Å². The smallest absolute Gasteiger partial charge is 0.410 e. The number of rotatable bonds is 5. The van der Waals surface area contributed by atoms with Gasteiger partial charge in [0.2, 0.25) is 5.95 Å². The monoisotopic (exact) mass is 493 g/mol. The lowest BCUT2D eigenvalue weighted by Gasteiger charge is -2.33. The summed E-state index contributed by atoms with van der Waals surface area (Å²) in [6.45, 7) is 8.76. The summed E-state index contributed by atoms with van der Waals surface area (Å²) in [5, 5.41) is 7.72. The number of esters is 1. The molecule has 1 aliphatic heterocycles. The van der Waals surface area contributed by atoms with Crippen molar-refractivity contribution in [2.75, 3.05) is 25.5 Å². The molecule has 11 nitrogen and oxygen atoms in total. The Hall–Kier alpha value is -4.02. The second-order valence-electron chi connectivity index (χ2n) is 9.68. The van der Waals surface area contributed by atoms with Gasteiger partial charge in [0.05, 0.1) is 30.7 Å². The van der Waals surface area contributed by atoms with Gasteiger partial charge in [0, 0.05) is 37.2 Å². The van der Waals surface area contributed by atoms with Crippen LogP contribution in [0.3, 0.4) is 0 Å². The third-order valence-corrected chi connectivity index (χ3v) is 5.75. The lowest BCUT2D eigenvalue weighted by atomic mass is 10.1.